The molecule has 0 aliphatic carbocycles. The fourth-order valence-electron chi connectivity index (χ4n) is 2.44. The van der Waals surface area contributed by atoms with Crippen LogP contribution in [-0.4, -0.2) is 43.6 Å². The molecular formula is C20H19Cl2NO7S. The Morgan fingerprint density at radius 1 is 0.935 bits per heavy atom. The molecule has 0 aliphatic rings. The Labute approximate surface area is 192 Å². The SMILES string of the molecule is CCOC(=O)c1sc(NC(=O)COC(=O)c2ccc(Cl)c(Cl)c2)c(C(=O)OCC)c1C. The van der Waals surface area contributed by atoms with E-state index in [9.17, 15) is 19.2 Å². The van der Waals surface area contributed by atoms with Gasteiger partial charge in [-0.25, -0.2) is 14.4 Å². The van der Waals surface area contributed by atoms with Crippen molar-refractivity contribution in [3.8, 4) is 0 Å². The molecule has 1 heterocycles. The van der Waals surface area contributed by atoms with Crippen molar-refractivity contribution in [1.82, 2.24) is 0 Å². The molecule has 11 heteroatoms. The number of halogens is 2. The number of rotatable bonds is 8. The van der Waals surface area contributed by atoms with E-state index in [1.807, 2.05) is 0 Å². The van der Waals surface area contributed by atoms with Crippen molar-refractivity contribution in [2.24, 2.45) is 0 Å². The molecule has 2 rings (SSSR count). The van der Waals surface area contributed by atoms with Gasteiger partial charge in [-0.05, 0) is 44.5 Å². The number of nitrogens with one attached hydrogen (secondary N) is 1. The van der Waals surface area contributed by atoms with Crippen LogP contribution in [0.3, 0.4) is 0 Å². The van der Waals surface area contributed by atoms with Crippen molar-refractivity contribution in [2.45, 2.75) is 20.8 Å². The lowest BCUT2D eigenvalue weighted by molar-refractivity contribution is -0.119. The zero-order chi connectivity index (χ0) is 23.1. The molecule has 0 atom stereocenters. The number of amides is 1. The third-order valence-electron chi connectivity index (χ3n) is 3.83. The summed E-state index contributed by atoms with van der Waals surface area (Å²) in [5.41, 5.74) is 0.482. The van der Waals surface area contributed by atoms with Crippen LogP contribution in [-0.2, 0) is 19.0 Å². The summed E-state index contributed by atoms with van der Waals surface area (Å²) in [5.74, 6) is -2.82. The molecule has 8 nitrogen and oxygen atoms in total. The number of benzene rings is 1. The van der Waals surface area contributed by atoms with Gasteiger partial charge in [0.15, 0.2) is 6.61 Å². The Morgan fingerprint density at radius 3 is 2.19 bits per heavy atom. The van der Waals surface area contributed by atoms with E-state index in [2.05, 4.69) is 5.32 Å². The van der Waals surface area contributed by atoms with E-state index in [0.29, 0.717) is 5.56 Å². The van der Waals surface area contributed by atoms with Gasteiger partial charge in [0.25, 0.3) is 5.91 Å². The van der Waals surface area contributed by atoms with Gasteiger partial charge in [0.2, 0.25) is 0 Å². The number of esters is 3. The van der Waals surface area contributed by atoms with E-state index < -0.39 is 30.4 Å². The van der Waals surface area contributed by atoms with Crippen LogP contribution >= 0.6 is 34.5 Å². The van der Waals surface area contributed by atoms with Crippen LogP contribution in [0, 0.1) is 6.92 Å². The largest absolute Gasteiger partial charge is 0.462 e. The molecule has 1 amide bonds. The molecule has 0 spiro atoms. The standard InChI is InChI=1S/C20H19Cl2NO7S/c1-4-28-19(26)15-10(3)16(20(27)29-5-2)31-17(15)23-14(24)9-30-18(25)11-6-7-12(21)13(22)8-11/h6-8H,4-5,9H2,1-3H3,(H,23,24). The molecule has 1 N–H and O–H groups in total. The van der Waals surface area contributed by atoms with Crippen LogP contribution in [0.4, 0.5) is 5.00 Å². The van der Waals surface area contributed by atoms with Gasteiger partial charge in [0, 0.05) is 0 Å². The molecule has 0 aliphatic heterocycles. The van der Waals surface area contributed by atoms with Gasteiger partial charge < -0.3 is 19.5 Å². The van der Waals surface area contributed by atoms with Crippen LogP contribution < -0.4 is 5.32 Å². The summed E-state index contributed by atoms with van der Waals surface area (Å²) < 4.78 is 15.0. The summed E-state index contributed by atoms with van der Waals surface area (Å²) in [4.78, 5) is 49.1. The van der Waals surface area contributed by atoms with Gasteiger partial charge in [0.05, 0.1) is 34.4 Å². The lowest BCUT2D eigenvalue weighted by atomic mass is 10.1. The third kappa shape index (κ3) is 6.19. The summed E-state index contributed by atoms with van der Waals surface area (Å²) in [6.07, 6.45) is 0. The maximum atomic E-state index is 12.3. The van der Waals surface area contributed by atoms with Crippen molar-refractivity contribution in [3.05, 3.63) is 49.8 Å². The number of ether oxygens (including phenoxy) is 3. The maximum Gasteiger partial charge on any atom is 0.348 e. The molecule has 0 fully saturated rings. The maximum absolute atomic E-state index is 12.3. The quantitative estimate of drug-likeness (QED) is 0.430. The van der Waals surface area contributed by atoms with Gasteiger partial charge in [-0.3, -0.25) is 4.79 Å². The molecule has 1 aromatic carbocycles. The van der Waals surface area contributed by atoms with E-state index in [-0.39, 0.29) is 44.3 Å². The second-order valence-electron chi connectivity index (χ2n) is 5.95. The highest BCUT2D eigenvalue weighted by Crippen LogP contribution is 2.34. The summed E-state index contributed by atoms with van der Waals surface area (Å²) >= 11 is 12.5. The molecule has 0 saturated heterocycles. The Bertz CT molecular complexity index is 1020. The Balaban J connectivity index is 2.16. The molecule has 166 valence electrons. The first kappa shape index (κ1) is 24.6. The lowest BCUT2D eigenvalue weighted by Crippen LogP contribution is -2.21. The molecule has 0 saturated carbocycles. The molecule has 0 unspecified atom stereocenters. The van der Waals surface area contributed by atoms with Crippen molar-refractivity contribution in [3.63, 3.8) is 0 Å². The molecule has 31 heavy (non-hydrogen) atoms. The molecule has 0 radical (unpaired) electrons. The van der Waals surface area contributed by atoms with E-state index in [0.717, 1.165) is 11.3 Å². The summed E-state index contributed by atoms with van der Waals surface area (Å²) in [7, 11) is 0. The Kier molecular flexibility index (Phi) is 8.85. The average molecular weight is 488 g/mol. The molecule has 0 bridgehead atoms. The Morgan fingerprint density at radius 2 is 1.58 bits per heavy atom. The first-order chi connectivity index (χ1) is 14.7. The predicted octanol–water partition coefficient (Wildman–Crippen LogP) is 4.51. The highest BCUT2D eigenvalue weighted by atomic mass is 35.5. The normalized spacial score (nSPS) is 10.4. The summed E-state index contributed by atoms with van der Waals surface area (Å²) in [6.45, 7) is 4.46. The summed E-state index contributed by atoms with van der Waals surface area (Å²) in [5, 5.41) is 3.01. The van der Waals surface area contributed by atoms with Crippen LogP contribution in [0.25, 0.3) is 0 Å². The van der Waals surface area contributed by atoms with Crippen molar-refractivity contribution in [1.29, 1.82) is 0 Å². The minimum Gasteiger partial charge on any atom is -0.462 e. The zero-order valence-electron chi connectivity index (χ0n) is 16.9. The van der Waals surface area contributed by atoms with Gasteiger partial charge in [-0.2, -0.15) is 0 Å². The van der Waals surface area contributed by atoms with Gasteiger partial charge in [-0.1, -0.05) is 23.2 Å². The number of carbonyl (C=O) groups is 4. The smallest absolute Gasteiger partial charge is 0.348 e. The second-order valence-corrected chi connectivity index (χ2v) is 7.79. The van der Waals surface area contributed by atoms with Gasteiger partial charge in [0.1, 0.15) is 9.88 Å². The lowest BCUT2D eigenvalue weighted by Gasteiger charge is -2.08. The van der Waals surface area contributed by atoms with Crippen molar-refractivity contribution in [2.75, 3.05) is 25.1 Å². The second kappa shape index (κ2) is 11.1. The number of carbonyl (C=O) groups excluding carboxylic acids is 4. The van der Waals surface area contributed by atoms with Crippen LogP contribution in [0.1, 0.15) is 49.8 Å². The first-order valence-corrected chi connectivity index (χ1v) is 10.7. The van der Waals surface area contributed by atoms with Gasteiger partial charge >= 0.3 is 17.9 Å². The van der Waals surface area contributed by atoms with Crippen molar-refractivity contribution < 1.29 is 33.4 Å². The topological polar surface area (TPSA) is 108 Å². The number of hydrogen-bond acceptors (Lipinski definition) is 8. The summed E-state index contributed by atoms with van der Waals surface area (Å²) in [6, 6.07) is 4.15. The molecule has 1 aromatic heterocycles. The van der Waals surface area contributed by atoms with E-state index >= 15 is 0 Å². The fraction of sp³-hybridized carbons (Fsp3) is 0.300. The fourth-order valence-corrected chi connectivity index (χ4v) is 3.85. The highest BCUT2D eigenvalue weighted by Gasteiger charge is 2.27. The molecule has 2 aromatic rings. The van der Waals surface area contributed by atoms with Crippen LogP contribution in [0.15, 0.2) is 18.2 Å². The van der Waals surface area contributed by atoms with Crippen molar-refractivity contribution >= 4 is 63.4 Å². The van der Waals surface area contributed by atoms with Crippen LogP contribution in [0.2, 0.25) is 10.0 Å². The Hall–Kier alpha value is -2.62. The number of anilines is 1. The number of thiophene rings is 1. The van der Waals surface area contributed by atoms with E-state index in [4.69, 9.17) is 37.4 Å². The van der Waals surface area contributed by atoms with Crippen LogP contribution in [0.5, 0.6) is 0 Å². The third-order valence-corrected chi connectivity index (χ3v) is 5.76. The number of hydrogen-bond donors (Lipinski definition) is 1. The monoisotopic (exact) mass is 487 g/mol. The zero-order valence-corrected chi connectivity index (χ0v) is 19.2. The minimum atomic E-state index is -0.783. The van der Waals surface area contributed by atoms with Gasteiger partial charge in [-0.15, -0.1) is 11.3 Å². The minimum absolute atomic E-state index is 0.0408. The molecular weight excluding hydrogens is 469 g/mol. The average Bonchev–Trinajstić information content (AvgIpc) is 3.04. The predicted molar refractivity (Wildman–Crippen MR) is 116 cm³/mol. The van der Waals surface area contributed by atoms with E-state index in [1.165, 1.54) is 18.2 Å². The van der Waals surface area contributed by atoms with E-state index in [1.54, 1.807) is 20.8 Å². The first-order valence-electron chi connectivity index (χ1n) is 9.09. The highest BCUT2D eigenvalue weighted by molar-refractivity contribution is 7.18.